The van der Waals surface area contributed by atoms with Crippen molar-refractivity contribution in [2.75, 3.05) is 18.2 Å². The molecule has 27 heavy (non-hydrogen) atoms. The van der Waals surface area contributed by atoms with Gasteiger partial charge in [0.2, 0.25) is 5.91 Å². The predicted octanol–water partition coefficient (Wildman–Crippen LogP) is 3.74. The SMILES string of the molecule is COC(=O)Cc1csc(NC(=O)C(CC2CCCC2)c2ccc(N)cc2)n1. The second-order valence-electron chi connectivity index (χ2n) is 6.99. The zero-order valence-electron chi connectivity index (χ0n) is 15.4. The summed E-state index contributed by atoms with van der Waals surface area (Å²) in [5, 5.41) is 5.20. The van der Waals surface area contributed by atoms with Gasteiger partial charge in [0.1, 0.15) is 0 Å². The molecule has 1 amide bonds. The van der Waals surface area contributed by atoms with Gasteiger partial charge in [-0.2, -0.15) is 0 Å². The summed E-state index contributed by atoms with van der Waals surface area (Å²) in [5.41, 5.74) is 8.05. The van der Waals surface area contributed by atoms with E-state index in [9.17, 15) is 9.59 Å². The second-order valence-corrected chi connectivity index (χ2v) is 7.85. The molecule has 1 unspecified atom stereocenters. The van der Waals surface area contributed by atoms with Gasteiger partial charge < -0.3 is 15.8 Å². The molecule has 1 saturated carbocycles. The van der Waals surface area contributed by atoms with Gasteiger partial charge in [0.25, 0.3) is 0 Å². The molecule has 1 aliphatic carbocycles. The number of aromatic nitrogens is 1. The Labute approximate surface area is 163 Å². The fraction of sp³-hybridized carbons (Fsp3) is 0.450. The highest BCUT2D eigenvalue weighted by Crippen LogP contribution is 2.35. The number of hydrogen-bond acceptors (Lipinski definition) is 6. The van der Waals surface area contributed by atoms with Gasteiger partial charge in [-0.05, 0) is 30.0 Å². The summed E-state index contributed by atoms with van der Waals surface area (Å²) in [6.45, 7) is 0. The van der Waals surface area contributed by atoms with E-state index < -0.39 is 0 Å². The van der Waals surface area contributed by atoms with E-state index in [0.29, 0.717) is 22.4 Å². The topological polar surface area (TPSA) is 94.3 Å². The minimum Gasteiger partial charge on any atom is -0.469 e. The van der Waals surface area contributed by atoms with Gasteiger partial charge in [-0.3, -0.25) is 9.59 Å². The lowest BCUT2D eigenvalue weighted by Crippen LogP contribution is -2.23. The third-order valence-corrected chi connectivity index (χ3v) is 5.84. The first-order valence-electron chi connectivity index (χ1n) is 9.22. The Morgan fingerprint density at radius 3 is 2.67 bits per heavy atom. The molecule has 0 saturated heterocycles. The molecular weight excluding hydrogens is 362 g/mol. The van der Waals surface area contributed by atoms with E-state index in [1.807, 2.05) is 24.3 Å². The van der Waals surface area contributed by atoms with Crippen LogP contribution in [0.5, 0.6) is 0 Å². The van der Waals surface area contributed by atoms with Gasteiger partial charge in [0.05, 0.1) is 25.1 Å². The molecule has 0 bridgehead atoms. The van der Waals surface area contributed by atoms with Crippen molar-refractivity contribution in [2.24, 2.45) is 5.92 Å². The summed E-state index contributed by atoms with van der Waals surface area (Å²) in [7, 11) is 1.34. The first-order valence-corrected chi connectivity index (χ1v) is 10.1. The molecule has 0 radical (unpaired) electrons. The van der Waals surface area contributed by atoms with Gasteiger partial charge in [-0.25, -0.2) is 4.98 Å². The highest BCUT2D eigenvalue weighted by Gasteiger charge is 2.27. The first-order chi connectivity index (χ1) is 13.0. The maximum Gasteiger partial charge on any atom is 0.311 e. The molecule has 6 nitrogen and oxygen atoms in total. The van der Waals surface area contributed by atoms with Crippen molar-refractivity contribution in [1.29, 1.82) is 0 Å². The van der Waals surface area contributed by atoms with Crippen molar-refractivity contribution in [3.05, 3.63) is 40.9 Å². The standard InChI is InChI=1S/C20H25N3O3S/c1-26-18(24)11-16-12-27-20(22-16)23-19(25)17(10-13-4-2-3-5-13)14-6-8-15(21)9-7-14/h6-9,12-13,17H,2-5,10-11,21H2,1H3,(H,22,23,25). The normalized spacial score (nSPS) is 15.4. The molecule has 144 valence electrons. The molecule has 2 aromatic rings. The predicted molar refractivity (Wildman–Crippen MR) is 107 cm³/mol. The fourth-order valence-corrected chi connectivity index (χ4v) is 4.27. The van der Waals surface area contributed by atoms with Gasteiger partial charge in [0, 0.05) is 11.1 Å². The molecule has 3 N–H and O–H groups in total. The number of carbonyl (C=O) groups excluding carboxylic acids is 2. The third-order valence-electron chi connectivity index (χ3n) is 5.03. The van der Waals surface area contributed by atoms with Gasteiger partial charge >= 0.3 is 5.97 Å². The first kappa shape index (κ1) is 19.4. The van der Waals surface area contributed by atoms with Crippen molar-refractivity contribution in [2.45, 2.75) is 44.4 Å². The van der Waals surface area contributed by atoms with Crippen LogP contribution in [-0.4, -0.2) is 24.0 Å². The second kappa shape index (κ2) is 8.99. The van der Waals surface area contributed by atoms with Crippen LogP contribution >= 0.6 is 11.3 Å². The highest BCUT2D eigenvalue weighted by atomic mass is 32.1. The lowest BCUT2D eigenvalue weighted by molar-refractivity contribution is -0.139. The molecule has 1 aromatic heterocycles. The summed E-state index contributed by atoms with van der Waals surface area (Å²) in [5.74, 6) is -0.0732. The van der Waals surface area contributed by atoms with Crippen LogP contribution in [0.1, 0.15) is 49.3 Å². The summed E-state index contributed by atoms with van der Waals surface area (Å²) in [6.07, 6.45) is 5.77. The molecule has 1 heterocycles. The quantitative estimate of drug-likeness (QED) is 0.557. The number of carbonyl (C=O) groups is 2. The molecule has 1 aromatic carbocycles. The number of thiazole rings is 1. The van der Waals surface area contributed by atoms with Crippen LogP contribution in [0, 0.1) is 5.92 Å². The van der Waals surface area contributed by atoms with E-state index in [1.54, 1.807) is 5.38 Å². The minimum absolute atomic E-state index is 0.0642. The van der Waals surface area contributed by atoms with Gasteiger partial charge in [0.15, 0.2) is 5.13 Å². The van der Waals surface area contributed by atoms with Gasteiger partial charge in [-0.15, -0.1) is 11.3 Å². The summed E-state index contributed by atoms with van der Waals surface area (Å²) >= 11 is 1.32. The maximum atomic E-state index is 13.0. The van der Waals surface area contributed by atoms with Crippen molar-refractivity contribution in [3.8, 4) is 0 Å². The number of rotatable bonds is 7. The number of nitrogens with two attached hydrogens (primary N) is 1. The van der Waals surface area contributed by atoms with Crippen LogP contribution in [0.4, 0.5) is 10.8 Å². The van der Waals surface area contributed by atoms with Crippen molar-refractivity contribution >= 4 is 34.0 Å². The van der Waals surface area contributed by atoms with Crippen LogP contribution < -0.4 is 11.1 Å². The lowest BCUT2D eigenvalue weighted by Gasteiger charge is -2.20. The smallest absolute Gasteiger partial charge is 0.311 e. The number of methoxy groups -OCH3 is 1. The van der Waals surface area contributed by atoms with Crippen LogP contribution in [0.25, 0.3) is 0 Å². The largest absolute Gasteiger partial charge is 0.469 e. The Balaban J connectivity index is 1.72. The number of nitrogens with zero attached hydrogens (tertiary/aromatic N) is 1. The Kier molecular flexibility index (Phi) is 6.45. The summed E-state index contributed by atoms with van der Waals surface area (Å²) in [6, 6.07) is 7.53. The molecule has 3 rings (SSSR count). The van der Waals surface area contributed by atoms with Crippen molar-refractivity contribution in [3.63, 3.8) is 0 Å². The van der Waals surface area contributed by atoms with Crippen molar-refractivity contribution < 1.29 is 14.3 Å². The number of anilines is 2. The zero-order chi connectivity index (χ0) is 19.2. The van der Waals surface area contributed by atoms with E-state index >= 15 is 0 Å². The molecule has 1 aliphatic rings. The number of nitrogen functional groups attached to an aromatic ring is 1. The van der Waals surface area contributed by atoms with E-state index in [0.717, 1.165) is 12.0 Å². The Bertz CT molecular complexity index is 782. The van der Waals surface area contributed by atoms with Crippen LogP contribution in [0.2, 0.25) is 0 Å². The van der Waals surface area contributed by atoms with E-state index in [1.165, 1.54) is 44.1 Å². The molecule has 7 heteroatoms. The molecule has 0 spiro atoms. The number of nitrogens with one attached hydrogen (secondary N) is 1. The average Bonchev–Trinajstić information content (AvgIpc) is 3.32. The Morgan fingerprint density at radius 1 is 1.30 bits per heavy atom. The molecule has 0 aliphatic heterocycles. The van der Waals surface area contributed by atoms with Crippen LogP contribution in [-0.2, 0) is 20.7 Å². The monoisotopic (exact) mass is 387 g/mol. The number of hydrogen-bond donors (Lipinski definition) is 2. The fourth-order valence-electron chi connectivity index (χ4n) is 3.56. The molecule has 1 atom stereocenters. The van der Waals surface area contributed by atoms with E-state index in [4.69, 9.17) is 5.73 Å². The number of ether oxygens (including phenoxy) is 1. The Hall–Kier alpha value is -2.41. The molecule has 1 fully saturated rings. The zero-order valence-corrected chi connectivity index (χ0v) is 16.3. The number of esters is 1. The lowest BCUT2D eigenvalue weighted by atomic mass is 9.87. The number of amides is 1. The van der Waals surface area contributed by atoms with Gasteiger partial charge in [-0.1, -0.05) is 37.8 Å². The summed E-state index contributed by atoms with van der Waals surface area (Å²) < 4.78 is 4.65. The summed E-state index contributed by atoms with van der Waals surface area (Å²) in [4.78, 5) is 28.7. The Morgan fingerprint density at radius 2 is 2.00 bits per heavy atom. The van der Waals surface area contributed by atoms with E-state index in [2.05, 4.69) is 15.0 Å². The maximum absolute atomic E-state index is 13.0. The van der Waals surface area contributed by atoms with E-state index in [-0.39, 0.29) is 24.2 Å². The number of benzene rings is 1. The average molecular weight is 388 g/mol. The van der Waals surface area contributed by atoms with Crippen molar-refractivity contribution in [1.82, 2.24) is 4.98 Å². The molecular formula is C20H25N3O3S. The third kappa shape index (κ3) is 5.29. The van der Waals surface area contributed by atoms with Crippen LogP contribution in [0.3, 0.4) is 0 Å². The minimum atomic E-state index is -0.348. The van der Waals surface area contributed by atoms with Crippen LogP contribution in [0.15, 0.2) is 29.6 Å². The highest BCUT2D eigenvalue weighted by molar-refractivity contribution is 7.13.